The summed E-state index contributed by atoms with van der Waals surface area (Å²) in [4.78, 5) is 21.3. The highest BCUT2D eigenvalue weighted by Gasteiger charge is 2.19. The van der Waals surface area contributed by atoms with Crippen LogP contribution in [0.25, 0.3) is 0 Å². The van der Waals surface area contributed by atoms with Crippen molar-refractivity contribution >= 4 is 12.1 Å². The van der Waals surface area contributed by atoms with Crippen molar-refractivity contribution in [3.05, 3.63) is 0 Å². The van der Waals surface area contributed by atoms with Gasteiger partial charge in [-0.05, 0) is 12.8 Å². The average molecular weight is 167 g/mol. The van der Waals surface area contributed by atoms with Gasteiger partial charge in [0.2, 0.25) is 0 Å². The van der Waals surface area contributed by atoms with Crippen molar-refractivity contribution in [2.45, 2.75) is 44.9 Å². The van der Waals surface area contributed by atoms with E-state index in [9.17, 15) is 9.59 Å². The van der Waals surface area contributed by atoms with Gasteiger partial charge in [-0.15, -0.1) is 0 Å². The minimum atomic E-state index is 0.257. The van der Waals surface area contributed by atoms with Gasteiger partial charge in [0.15, 0.2) is 6.29 Å². The second kappa shape index (κ2) is 5.07. The van der Waals surface area contributed by atoms with Crippen molar-refractivity contribution in [2.75, 3.05) is 0 Å². The third kappa shape index (κ3) is 2.76. The molecule has 0 amide bonds. The molecule has 0 aliphatic heterocycles. The molecule has 1 rings (SSSR count). The van der Waals surface area contributed by atoms with Gasteiger partial charge in [-0.3, -0.25) is 9.59 Å². The fraction of sp³-hybridized carbons (Fsp3) is 0.800. The molecule has 1 aliphatic carbocycles. The highest BCUT2D eigenvalue weighted by molar-refractivity contribution is 5.82. The standard InChI is InChI=1S/C10H15O2/c11-8-4-7-10(12)9-5-2-1-3-6-9/h9H,1-7H2. The number of hydrogen-bond donors (Lipinski definition) is 0. The van der Waals surface area contributed by atoms with Crippen LogP contribution in [0.3, 0.4) is 0 Å². The van der Waals surface area contributed by atoms with E-state index in [2.05, 4.69) is 0 Å². The Balaban J connectivity index is 2.24. The number of carbonyl (C=O) groups is 1. The summed E-state index contributed by atoms with van der Waals surface area (Å²) < 4.78 is 0. The van der Waals surface area contributed by atoms with Gasteiger partial charge in [-0.1, -0.05) is 19.3 Å². The van der Waals surface area contributed by atoms with Gasteiger partial charge < -0.3 is 0 Å². The maximum Gasteiger partial charge on any atom is 0.198 e. The molecule has 0 aromatic carbocycles. The molecule has 2 nitrogen and oxygen atoms in total. The molecule has 1 fully saturated rings. The van der Waals surface area contributed by atoms with Gasteiger partial charge in [0.25, 0.3) is 0 Å². The van der Waals surface area contributed by atoms with Gasteiger partial charge in [-0.2, -0.15) is 0 Å². The second-order valence-electron chi connectivity index (χ2n) is 3.45. The highest BCUT2D eigenvalue weighted by atomic mass is 16.1. The van der Waals surface area contributed by atoms with Crippen molar-refractivity contribution < 1.29 is 9.59 Å². The molecule has 1 radical (unpaired) electrons. The molecule has 1 aliphatic rings. The van der Waals surface area contributed by atoms with Gasteiger partial charge in [-0.25, -0.2) is 0 Å². The van der Waals surface area contributed by atoms with E-state index >= 15 is 0 Å². The third-order valence-electron chi connectivity index (χ3n) is 2.53. The summed E-state index contributed by atoms with van der Waals surface area (Å²) in [5.41, 5.74) is 0. The Kier molecular flexibility index (Phi) is 3.98. The third-order valence-corrected chi connectivity index (χ3v) is 2.53. The van der Waals surface area contributed by atoms with E-state index in [0.29, 0.717) is 6.42 Å². The Hall–Kier alpha value is -0.660. The summed E-state index contributed by atoms with van der Waals surface area (Å²) in [6, 6.07) is 0. The van der Waals surface area contributed by atoms with Gasteiger partial charge >= 0.3 is 0 Å². The Bertz CT molecular complexity index is 157. The van der Waals surface area contributed by atoms with Gasteiger partial charge in [0, 0.05) is 18.8 Å². The fourth-order valence-electron chi connectivity index (χ4n) is 1.80. The van der Waals surface area contributed by atoms with Crippen molar-refractivity contribution in [1.29, 1.82) is 0 Å². The number of rotatable bonds is 4. The van der Waals surface area contributed by atoms with Crippen LogP contribution >= 0.6 is 0 Å². The minimum Gasteiger partial charge on any atom is -0.299 e. The number of carbonyl (C=O) groups excluding carboxylic acids is 2. The summed E-state index contributed by atoms with van der Waals surface area (Å²) in [6.45, 7) is 0. The van der Waals surface area contributed by atoms with Crippen LogP contribution in [0, 0.1) is 5.92 Å². The summed E-state index contributed by atoms with van der Waals surface area (Å²) in [5.74, 6) is 0.533. The SMILES string of the molecule is O=[C]CCC(=O)C1CCCCC1. The molecule has 0 spiro atoms. The molecule has 0 atom stereocenters. The molecule has 0 aromatic heterocycles. The first-order valence-corrected chi connectivity index (χ1v) is 4.72. The molecular weight excluding hydrogens is 152 g/mol. The van der Waals surface area contributed by atoms with Gasteiger partial charge in [0.05, 0.1) is 0 Å². The molecule has 0 aromatic rings. The maximum absolute atomic E-state index is 11.4. The molecule has 0 bridgehead atoms. The van der Waals surface area contributed by atoms with E-state index < -0.39 is 0 Å². The summed E-state index contributed by atoms with van der Waals surface area (Å²) in [6.07, 6.45) is 8.17. The maximum atomic E-state index is 11.4. The number of hydrogen-bond acceptors (Lipinski definition) is 2. The largest absolute Gasteiger partial charge is 0.299 e. The van der Waals surface area contributed by atoms with E-state index in [-0.39, 0.29) is 18.1 Å². The predicted octanol–water partition coefficient (Wildman–Crippen LogP) is 2.03. The molecule has 1 saturated carbocycles. The van der Waals surface area contributed by atoms with E-state index in [4.69, 9.17) is 0 Å². The van der Waals surface area contributed by atoms with E-state index in [1.54, 1.807) is 6.29 Å². The minimum absolute atomic E-state index is 0.257. The van der Waals surface area contributed by atoms with Crippen LogP contribution in [0.1, 0.15) is 44.9 Å². The lowest BCUT2D eigenvalue weighted by Gasteiger charge is -2.19. The lowest BCUT2D eigenvalue weighted by molar-refractivity contribution is -0.123. The van der Waals surface area contributed by atoms with Crippen LogP contribution in [0.15, 0.2) is 0 Å². The van der Waals surface area contributed by atoms with Crippen molar-refractivity contribution in [2.24, 2.45) is 5.92 Å². The molecule has 12 heavy (non-hydrogen) atoms. The van der Waals surface area contributed by atoms with Gasteiger partial charge in [0.1, 0.15) is 5.78 Å². The first kappa shape index (κ1) is 9.43. The van der Waals surface area contributed by atoms with E-state index in [1.165, 1.54) is 19.3 Å². The summed E-state index contributed by atoms with van der Waals surface area (Å²) >= 11 is 0. The first-order chi connectivity index (χ1) is 5.84. The normalized spacial score (nSPS) is 19.0. The quantitative estimate of drug-likeness (QED) is 0.642. The van der Waals surface area contributed by atoms with Crippen LogP contribution in [-0.4, -0.2) is 12.1 Å². The summed E-state index contributed by atoms with van der Waals surface area (Å²) in [7, 11) is 0. The molecular formula is C10H15O2. The van der Waals surface area contributed by atoms with Crippen LogP contribution in [0.2, 0.25) is 0 Å². The van der Waals surface area contributed by atoms with Crippen LogP contribution in [0.4, 0.5) is 0 Å². The van der Waals surface area contributed by atoms with Crippen LogP contribution in [0.5, 0.6) is 0 Å². The molecule has 67 valence electrons. The highest BCUT2D eigenvalue weighted by Crippen LogP contribution is 2.25. The lowest BCUT2D eigenvalue weighted by atomic mass is 9.85. The smallest absolute Gasteiger partial charge is 0.198 e. The Morgan fingerprint density at radius 1 is 1.25 bits per heavy atom. The van der Waals surface area contributed by atoms with Crippen molar-refractivity contribution in [3.63, 3.8) is 0 Å². The summed E-state index contributed by atoms with van der Waals surface area (Å²) in [5, 5.41) is 0. The first-order valence-electron chi connectivity index (χ1n) is 4.72. The molecule has 0 unspecified atom stereocenters. The Labute approximate surface area is 73.3 Å². The van der Waals surface area contributed by atoms with Crippen LogP contribution < -0.4 is 0 Å². The number of ketones is 1. The Morgan fingerprint density at radius 2 is 1.92 bits per heavy atom. The molecule has 0 N–H and O–H groups in total. The second-order valence-corrected chi connectivity index (χ2v) is 3.45. The van der Waals surface area contributed by atoms with Crippen LogP contribution in [-0.2, 0) is 9.59 Å². The lowest BCUT2D eigenvalue weighted by Crippen LogP contribution is -2.17. The zero-order valence-corrected chi connectivity index (χ0v) is 7.34. The topological polar surface area (TPSA) is 34.1 Å². The zero-order valence-electron chi connectivity index (χ0n) is 7.34. The average Bonchev–Trinajstić information content (AvgIpc) is 2.15. The molecule has 2 heteroatoms. The number of Topliss-reactive ketones (excluding diaryl/α,β-unsaturated/α-hetero) is 1. The monoisotopic (exact) mass is 167 g/mol. The predicted molar refractivity (Wildman–Crippen MR) is 46.5 cm³/mol. The Morgan fingerprint density at radius 3 is 2.50 bits per heavy atom. The zero-order chi connectivity index (χ0) is 8.81. The molecule has 0 heterocycles. The van der Waals surface area contributed by atoms with E-state index in [1.807, 2.05) is 0 Å². The van der Waals surface area contributed by atoms with Crippen molar-refractivity contribution in [1.82, 2.24) is 0 Å². The fourth-order valence-corrected chi connectivity index (χ4v) is 1.80. The molecule has 0 saturated heterocycles. The van der Waals surface area contributed by atoms with E-state index in [0.717, 1.165) is 12.8 Å². The van der Waals surface area contributed by atoms with Crippen molar-refractivity contribution in [3.8, 4) is 0 Å².